The summed E-state index contributed by atoms with van der Waals surface area (Å²) in [5.41, 5.74) is 4.07. The average molecular weight is 391 g/mol. The Labute approximate surface area is 163 Å². The third kappa shape index (κ3) is 2.74. The molecule has 1 aliphatic heterocycles. The summed E-state index contributed by atoms with van der Waals surface area (Å²) in [6.45, 7) is 2.43. The van der Waals surface area contributed by atoms with Gasteiger partial charge in [0.15, 0.2) is 5.82 Å². The molecule has 4 aromatic heterocycles. The van der Waals surface area contributed by atoms with Gasteiger partial charge in [-0.3, -0.25) is 4.68 Å². The molecule has 9 heteroatoms. The van der Waals surface area contributed by atoms with Crippen molar-refractivity contribution in [3.8, 4) is 17.2 Å². The minimum Gasteiger partial charge on any atom is -0.309 e. The molecule has 0 aliphatic carbocycles. The molecular weight excluding hydrogens is 377 g/mol. The quantitative estimate of drug-likeness (QED) is 0.578. The van der Waals surface area contributed by atoms with Gasteiger partial charge in [0.1, 0.15) is 11.1 Å². The van der Waals surface area contributed by atoms with Crippen LogP contribution in [0.5, 0.6) is 0 Å². The molecule has 0 unspecified atom stereocenters. The second-order valence-electron chi connectivity index (χ2n) is 6.35. The number of nitrogens with zero attached hydrogens (tertiary/aromatic N) is 6. The van der Waals surface area contributed by atoms with Gasteiger partial charge in [0.05, 0.1) is 35.7 Å². The van der Waals surface area contributed by atoms with Gasteiger partial charge in [-0.2, -0.15) is 15.5 Å². The van der Waals surface area contributed by atoms with E-state index < -0.39 is 5.82 Å². The van der Waals surface area contributed by atoms with Crippen LogP contribution in [0.4, 0.5) is 4.39 Å². The summed E-state index contributed by atoms with van der Waals surface area (Å²) in [7, 11) is 0. The number of pyridine rings is 2. The molecule has 0 fully saturated rings. The number of hydrogen-bond acceptors (Lipinski definition) is 6. The van der Waals surface area contributed by atoms with Crippen LogP contribution in [0.15, 0.2) is 52.9 Å². The molecule has 0 saturated carbocycles. The lowest BCUT2D eigenvalue weighted by Crippen LogP contribution is -2.28. The van der Waals surface area contributed by atoms with Crippen molar-refractivity contribution in [2.24, 2.45) is 0 Å². The molecule has 0 saturated heterocycles. The normalized spacial score (nSPS) is 13.4. The highest BCUT2D eigenvalue weighted by atomic mass is 32.2. The molecule has 28 heavy (non-hydrogen) atoms. The number of nitriles is 1. The Morgan fingerprint density at radius 3 is 3.07 bits per heavy atom. The summed E-state index contributed by atoms with van der Waals surface area (Å²) in [4.78, 5) is 4.85. The van der Waals surface area contributed by atoms with Gasteiger partial charge in [0.2, 0.25) is 0 Å². The van der Waals surface area contributed by atoms with Crippen molar-refractivity contribution >= 4 is 17.3 Å². The van der Waals surface area contributed by atoms with Crippen LogP contribution in [-0.4, -0.2) is 30.9 Å². The number of aromatic nitrogens is 5. The van der Waals surface area contributed by atoms with Crippen molar-refractivity contribution < 1.29 is 4.39 Å². The number of rotatable bonds is 3. The van der Waals surface area contributed by atoms with E-state index in [1.807, 2.05) is 23.1 Å². The highest BCUT2D eigenvalue weighted by Crippen LogP contribution is 2.36. The van der Waals surface area contributed by atoms with E-state index in [0.29, 0.717) is 16.0 Å². The monoisotopic (exact) mass is 391 g/mol. The molecular formula is C19H14FN7S. The lowest BCUT2D eigenvalue weighted by molar-refractivity contribution is 0.476. The first kappa shape index (κ1) is 16.9. The molecule has 0 spiro atoms. The van der Waals surface area contributed by atoms with Crippen LogP contribution in [0.25, 0.3) is 16.6 Å². The zero-order chi connectivity index (χ0) is 19.1. The summed E-state index contributed by atoms with van der Waals surface area (Å²) < 4.78 is 17.8. The van der Waals surface area contributed by atoms with E-state index in [0.717, 1.165) is 36.5 Å². The van der Waals surface area contributed by atoms with Crippen LogP contribution in [0.1, 0.15) is 11.3 Å². The summed E-state index contributed by atoms with van der Waals surface area (Å²) in [6.07, 6.45) is 6.79. The van der Waals surface area contributed by atoms with Gasteiger partial charge >= 0.3 is 0 Å². The van der Waals surface area contributed by atoms with E-state index in [9.17, 15) is 9.65 Å². The van der Waals surface area contributed by atoms with Crippen molar-refractivity contribution in [1.29, 1.82) is 5.26 Å². The second kappa shape index (κ2) is 6.74. The zero-order valence-electron chi connectivity index (χ0n) is 14.6. The highest BCUT2D eigenvalue weighted by Gasteiger charge is 2.19. The Morgan fingerprint density at radius 1 is 1.29 bits per heavy atom. The summed E-state index contributed by atoms with van der Waals surface area (Å²) in [5, 5.41) is 21.9. The van der Waals surface area contributed by atoms with Crippen LogP contribution in [0, 0.1) is 17.1 Å². The molecule has 5 heterocycles. The Kier molecular flexibility index (Phi) is 4.07. The van der Waals surface area contributed by atoms with Crippen molar-refractivity contribution in [2.45, 2.75) is 23.0 Å². The fourth-order valence-electron chi connectivity index (χ4n) is 3.36. The summed E-state index contributed by atoms with van der Waals surface area (Å²) in [5.74, 6) is -0.402. The predicted octanol–water partition coefficient (Wildman–Crippen LogP) is 2.86. The molecule has 1 aliphatic rings. The van der Waals surface area contributed by atoms with E-state index in [2.05, 4.69) is 26.6 Å². The van der Waals surface area contributed by atoms with Crippen molar-refractivity contribution in [3.05, 3.63) is 60.1 Å². The number of halogens is 1. The maximum atomic E-state index is 14.2. The second-order valence-corrected chi connectivity index (χ2v) is 7.38. The number of nitrogens with one attached hydrogen (secondary N) is 1. The Balaban J connectivity index is 1.69. The molecule has 0 atom stereocenters. The highest BCUT2D eigenvalue weighted by molar-refractivity contribution is 7.99. The summed E-state index contributed by atoms with van der Waals surface area (Å²) in [6, 6.07) is 7.03. The van der Waals surface area contributed by atoms with Crippen LogP contribution < -0.4 is 5.32 Å². The average Bonchev–Trinajstić information content (AvgIpc) is 3.33. The molecule has 0 radical (unpaired) electrons. The largest absolute Gasteiger partial charge is 0.309 e. The van der Waals surface area contributed by atoms with Crippen LogP contribution >= 0.6 is 11.8 Å². The molecule has 5 rings (SSSR count). The predicted molar refractivity (Wildman–Crippen MR) is 101 cm³/mol. The van der Waals surface area contributed by atoms with Crippen molar-refractivity contribution in [2.75, 3.05) is 6.54 Å². The Hall–Kier alpha value is -3.22. The van der Waals surface area contributed by atoms with Gasteiger partial charge in [-0.25, -0.2) is 13.9 Å². The Bertz CT molecular complexity index is 1240. The van der Waals surface area contributed by atoms with Crippen molar-refractivity contribution in [1.82, 2.24) is 29.7 Å². The van der Waals surface area contributed by atoms with Gasteiger partial charge < -0.3 is 5.32 Å². The summed E-state index contributed by atoms with van der Waals surface area (Å²) >= 11 is 1.19. The number of hydrogen-bond donors (Lipinski definition) is 1. The van der Waals surface area contributed by atoms with Gasteiger partial charge in [-0.05, 0) is 18.2 Å². The van der Waals surface area contributed by atoms with Gasteiger partial charge in [-0.15, -0.1) is 0 Å². The van der Waals surface area contributed by atoms with E-state index in [4.69, 9.17) is 0 Å². The van der Waals surface area contributed by atoms with Crippen molar-refractivity contribution in [3.63, 3.8) is 0 Å². The third-order valence-electron chi connectivity index (χ3n) is 4.68. The van der Waals surface area contributed by atoms with Crippen LogP contribution in [0.2, 0.25) is 0 Å². The lowest BCUT2D eigenvalue weighted by atomic mass is 10.1. The van der Waals surface area contributed by atoms with Gasteiger partial charge in [0, 0.05) is 41.5 Å². The topological polar surface area (TPSA) is 83.8 Å². The fraction of sp³-hybridized carbons (Fsp3) is 0.158. The molecule has 1 N–H and O–H groups in total. The molecule has 4 aromatic rings. The molecule has 7 nitrogen and oxygen atoms in total. The van der Waals surface area contributed by atoms with E-state index in [1.165, 1.54) is 24.0 Å². The maximum absolute atomic E-state index is 14.2. The smallest absolute Gasteiger partial charge is 0.155 e. The van der Waals surface area contributed by atoms with Crippen LogP contribution in [0.3, 0.4) is 0 Å². The van der Waals surface area contributed by atoms with Crippen LogP contribution in [-0.2, 0) is 13.1 Å². The first-order valence-corrected chi connectivity index (χ1v) is 9.52. The van der Waals surface area contributed by atoms with Gasteiger partial charge in [-0.1, -0.05) is 11.8 Å². The maximum Gasteiger partial charge on any atom is 0.155 e. The zero-order valence-corrected chi connectivity index (χ0v) is 15.4. The van der Waals surface area contributed by atoms with E-state index >= 15 is 0 Å². The number of fused-ring (bicyclic) bond motifs is 2. The molecule has 0 aromatic carbocycles. The molecule has 138 valence electrons. The van der Waals surface area contributed by atoms with Gasteiger partial charge in [0.25, 0.3) is 0 Å². The Morgan fingerprint density at radius 2 is 2.21 bits per heavy atom. The first-order chi connectivity index (χ1) is 13.7. The molecule has 0 amide bonds. The van der Waals surface area contributed by atoms with E-state index in [-0.39, 0.29) is 5.03 Å². The van der Waals surface area contributed by atoms with E-state index in [1.54, 1.807) is 16.8 Å². The standard InChI is InChI=1S/C19H14FN7S/c20-15-2-1-3-23-19(15)28-17-6-12(11-27-18(17)13(7-21)8-24-27)14-9-25-26-5-4-22-10-16(14)26/h1-3,6,8-9,11,22H,4-5,10H2. The SMILES string of the molecule is N#Cc1cnn2cc(-c3cnn4c3CNCC4)cc(Sc3ncccc3F)c12. The molecule has 0 bridgehead atoms. The third-order valence-corrected chi connectivity index (χ3v) is 5.71. The lowest BCUT2D eigenvalue weighted by Gasteiger charge is -2.16. The minimum absolute atomic E-state index is 0.255. The minimum atomic E-state index is -0.402. The first-order valence-electron chi connectivity index (χ1n) is 8.70. The fourth-order valence-corrected chi connectivity index (χ4v) is 4.34.